The molecule has 1 aliphatic heterocycles. The van der Waals surface area contributed by atoms with Gasteiger partial charge in [0.1, 0.15) is 17.4 Å². The summed E-state index contributed by atoms with van der Waals surface area (Å²) < 4.78 is 103. The number of halogens is 5. The summed E-state index contributed by atoms with van der Waals surface area (Å²) >= 11 is 0. The maximum Gasteiger partial charge on any atom is 0.419 e. The summed E-state index contributed by atoms with van der Waals surface area (Å²) in [5.74, 6) is -2.65. The van der Waals surface area contributed by atoms with E-state index in [1.807, 2.05) is 4.90 Å². The number of ether oxygens (including phenoxy) is 2. The average Bonchev–Trinajstić information content (AvgIpc) is 3.75. The van der Waals surface area contributed by atoms with Crippen LogP contribution in [0.15, 0.2) is 30.3 Å². The molecule has 1 aliphatic carbocycles. The zero-order valence-electron chi connectivity index (χ0n) is 22.0. The van der Waals surface area contributed by atoms with Crippen LogP contribution < -0.4 is 4.74 Å². The molecule has 1 saturated heterocycles. The van der Waals surface area contributed by atoms with E-state index < -0.39 is 46.2 Å². The molecule has 1 atom stereocenters. The van der Waals surface area contributed by atoms with Gasteiger partial charge < -0.3 is 9.47 Å². The van der Waals surface area contributed by atoms with E-state index in [2.05, 4.69) is 0 Å². The number of carbonyl (C=O) groups excluding carboxylic acids is 1. The molecule has 0 spiro atoms. The molecule has 0 aromatic heterocycles. The predicted molar refractivity (Wildman–Crippen MR) is 137 cm³/mol. The highest BCUT2D eigenvalue weighted by atomic mass is 32.2. The summed E-state index contributed by atoms with van der Waals surface area (Å²) in [4.78, 5) is 14.4. The molecule has 1 saturated carbocycles. The van der Waals surface area contributed by atoms with Crippen LogP contribution in [0.2, 0.25) is 0 Å². The first-order valence-corrected chi connectivity index (χ1v) is 14.0. The van der Waals surface area contributed by atoms with Crippen molar-refractivity contribution in [3.05, 3.63) is 64.2 Å². The van der Waals surface area contributed by atoms with Crippen molar-refractivity contribution in [1.29, 1.82) is 0 Å². The van der Waals surface area contributed by atoms with Gasteiger partial charge in [0, 0.05) is 20.2 Å². The second-order valence-electron chi connectivity index (χ2n) is 10.2. The Kier molecular flexibility index (Phi) is 9.36. The standard InChI is InChI=1S/C27H31F5N2O5S/c1-33(40(36)37)26(35)20-12-19(17-3-4-17)25(13-23(20)29)39-14-16-7-9-34(10-8-16)24(15-38-2)18-5-6-22(28)21(11-18)27(30,31)32/h5-6,11-13,16-17,24,40H,3-4,7-10,14-15H2,1-2H3/t24-/m0/s1. The maximum absolute atomic E-state index is 14.8. The van der Waals surface area contributed by atoms with Crippen molar-refractivity contribution in [3.8, 4) is 5.75 Å². The van der Waals surface area contributed by atoms with Crippen LogP contribution in [0.1, 0.15) is 64.7 Å². The number of thiol groups is 1. The van der Waals surface area contributed by atoms with Crippen molar-refractivity contribution in [2.75, 3.05) is 40.5 Å². The predicted octanol–water partition coefficient (Wildman–Crippen LogP) is 4.94. The third-order valence-corrected chi connectivity index (χ3v) is 8.13. The van der Waals surface area contributed by atoms with E-state index in [4.69, 9.17) is 9.47 Å². The van der Waals surface area contributed by atoms with Crippen molar-refractivity contribution < 1.29 is 44.6 Å². The number of likely N-dealkylation sites (tertiary alicyclic amines) is 1. The molecular formula is C27H31F5N2O5S. The Balaban J connectivity index is 1.42. The lowest BCUT2D eigenvalue weighted by atomic mass is 9.94. The number of amides is 1. The fourth-order valence-corrected chi connectivity index (χ4v) is 5.26. The van der Waals surface area contributed by atoms with Crippen LogP contribution in [0.4, 0.5) is 22.0 Å². The van der Waals surface area contributed by atoms with Gasteiger partial charge in [0.05, 0.1) is 30.4 Å². The minimum absolute atomic E-state index is 0.0884. The maximum atomic E-state index is 14.8. The van der Waals surface area contributed by atoms with Gasteiger partial charge in [-0.1, -0.05) is 6.07 Å². The number of carbonyl (C=O) groups is 1. The lowest BCUT2D eigenvalue weighted by Crippen LogP contribution is -2.40. The van der Waals surface area contributed by atoms with Crippen molar-refractivity contribution in [2.24, 2.45) is 5.92 Å². The van der Waals surface area contributed by atoms with Gasteiger partial charge in [-0.05, 0) is 79.9 Å². The van der Waals surface area contributed by atoms with Crippen LogP contribution in [-0.2, 0) is 21.8 Å². The number of benzene rings is 2. The Labute approximate surface area is 230 Å². The quantitative estimate of drug-likeness (QED) is 0.312. The van der Waals surface area contributed by atoms with Crippen LogP contribution in [-0.4, -0.2) is 64.0 Å². The number of hydrogen-bond donors (Lipinski definition) is 1. The molecule has 2 aliphatic rings. The minimum Gasteiger partial charge on any atom is -0.493 e. The molecule has 7 nitrogen and oxygen atoms in total. The smallest absolute Gasteiger partial charge is 0.419 e. The SMILES string of the molecule is COC[C@@H](c1ccc(F)c(C(F)(F)F)c1)N1CCC(COc2cc(F)c(C(=O)N(C)[SH](=O)=O)cc2C2CC2)CC1. The van der Waals surface area contributed by atoms with Crippen LogP contribution in [0.3, 0.4) is 0 Å². The molecule has 2 aromatic rings. The molecule has 1 amide bonds. The van der Waals surface area contributed by atoms with Crippen LogP contribution in [0, 0.1) is 17.6 Å². The molecule has 0 radical (unpaired) electrons. The normalized spacial score (nSPS) is 17.7. The molecule has 0 bridgehead atoms. The second kappa shape index (κ2) is 12.4. The van der Waals surface area contributed by atoms with Gasteiger partial charge in [0.15, 0.2) is 0 Å². The van der Waals surface area contributed by atoms with E-state index >= 15 is 0 Å². The first kappa shape index (κ1) is 30.2. The van der Waals surface area contributed by atoms with E-state index in [9.17, 15) is 35.2 Å². The Bertz CT molecular complexity index is 1300. The highest BCUT2D eigenvalue weighted by Gasteiger charge is 2.36. The molecule has 0 N–H and O–H groups in total. The van der Waals surface area contributed by atoms with Crippen molar-refractivity contribution in [3.63, 3.8) is 0 Å². The molecule has 40 heavy (non-hydrogen) atoms. The van der Waals surface area contributed by atoms with Gasteiger partial charge in [-0.25, -0.2) is 21.5 Å². The highest BCUT2D eigenvalue weighted by molar-refractivity contribution is 7.70. The van der Waals surface area contributed by atoms with Crippen LogP contribution in [0.5, 0.6) is 5.75 Å². The first-order valence-electron chi connectivity index (χ1n) is 12.9. The van der Waals surface area contributed by atoms with E-state index in [0.717, 1.165) is 38.1 Å². The van der Waals surface area contributed by atoms with E-state index in [1.54, 1.807) is 0 Å². The topological polar surface area (TPSA) is 76.2 Å². The van der Waals surface area contributed by atoms with E-state index in [-0.39, 0.29) is 30.6 Å². The van der Waals surface area contributed by atoms with Gasteiger partial charge in [0.2, 0.25) is 10.9 Å². The number of nitrogens with zero attached hydrogens (tertiary/aromatic N) is 2. The number of methoxy groups -OCH3 is 1. The Morgan fingerprint density at radius 2 is 1.75 bits per heavy atom. The molecular weight excluding hydrogens is 559 g/mol. The lowest BCUT2D eigenvalue weighted by Gasteiger charge is -2.37. The van der Waals surface area contributed by atoms with Gasteiger partial charge in [-0.2, -0.15) is 13.2 Å². The molecule has 2 aromatic carbocycles. The monoisotopic (exact) mass is 590 g/mol. The summed E-state index contributed by atoms with van der Waals surface area (Å²) in [5, 5.41) is 0. The largest absolute Gasteiger partial charge is 0.493 e. The number of piperidine rings is 1. The number of alkyl halides is 3. The van der Waals surface area contributed by atoms with Crippen molar-refractivity contribution in [2.45, 2.75) is 43.8 Å². The van der Waals surface area contributed by atoms with Crippen molar-refractivity contribution in [1.82, 2.24) is 9.21 Å². The Morgan fingerprint density at radius 1 is 1.07 bits per heavy atom. The molecule has 220 valence electrons. The average molecular weight is 591 g/mol. The van der Waals surface area contributed by atoms with Gasteiger partial charge >= 0.3 is 6.18 Å². The fraction of sp³-hybridized carbons (Fsp3) is 0.519. The third kappa shape index (κ3) is 6.92. The summed E-state index contributed by atoms with van der Waals surface area (Å²) in [5.41, 5.74) is -0.664. The van der Waals surface area contributed by atoms with Crippen LogP contribution in [0.25, 0.3) is 0 Å². The minimum atomic E-state index is -4.81. The van der Waals surface area contributed by atoms with Gasteiger partial charge in [-0.3, -0.25) is 9.69 Å². The molecule has 13 heteroatoms. The van der Waals surface area contributed by atoms with Gasteiger partial charge in [-0.15, -0.1) is 0 Å². The summed E-state index contributed by atoms with van der Waals surface area (Å²) in [6.07, 6.45) is -1.79. The lowest BCUT2D eigenvalue weighted by molar-refractivity contribution is -0.140. The molecule has 2 fully saturated rings. The second-order valence-corrected chi connectivity index (χ2v) is 11.3. The summed E-state index contributed by atoms with van der Waals surface area (Å²) in [7, 11) is -0.684. The third-order valence-electron chi connectivity index (χ3n) is 7.46. The van der Waals surface area contributed by atoms with Gasteiger partial charge in [0.25, 0.3) is 5.91 Å². The Morgan fingerprint density at radius 3 is 2.33 bits per heavy atom. The van der Waals surface area contributed by atoms with E-state index in [1.165, 1.54) is 19.2 Å². The van der Waals surface area contributed by atoms with Crippen LogP contribution >= 0.6 is 0 Å². The summed E-state index contributed by atoms with van der Waals surface area (Å²) in [6, 6.07) is 5.02. The van der Waals surface area contributed by atoms with E-state index in [0.29, 0.717) is 47.1 Å². The highest BCUT2D eigenvalue weighted by Crippen LogP contribution is 2.45. The Hall–Kier alpha value is -2.77. The zero-order valence-corrected chi connectivity index (χ0v) is 22.9. The van der Waals surface area contributed by atoms with Crippen molar-refractivity contribution >= 4 is 16.8 Å². The number of rotatable bonds is 10. The summed E-state index contributed by atoms with van der Waals surface area (Å²) in [6.45, 7) is 1.49. The first-order chi connectivity index (χ1) is 18.9. The molecule has 0 unspecified atom stereocenters. The molecule has 4 rings (SSSR count). The zero-order chi connectivity index (χ0) is 29.2. The molecule has 1 heterocycles. The fourth-order valence-electron chi connectivity index (χ4n) is 5.00. The number of hydrogen-bond acceptors (Lipinski definition) is 6.